The summed E-state index contributed by atoms with van der Waals surface area (Å²) in [6.07, 6.45) is 2.45. The van der Waals surface area contributed by atoms with Crippen LogP contribution in [-0.4, -0.2) is 22.7 Å². The lowest BCUT2D eigenvalue weighted by Crippen LogP contribution is -2.50. The van der Waals surface area contributed by atoms with Crippen LogP contribution in [0.5, 0.6) is 0 Å². The number of fused-ring (bicyclic) bond motifs is 1. The van der Waals surface area contributed by atoms with E-state index in [-0.39, 0.29) is 11.0 Å². The van der Waals surface area contributed by atoms with E-state index in [2.05, 4.69) is 76.9 Å². The summed E-state index contributed by atoms with van der Waals surface area (Å²) in [5.74, 6) is 1.23. The van der Waals surface area contributed by atoms with Crippen molar-refractivity contribution < 1.29 is 4.84 Å². The number of rotatable bonds is 2. The topological polar surface area (TPSA) is 12.5 Å². The molecule has 0 N–H and O–H groups in total. The molecule has 0 amide bonds. The summed E-state index contributed by atoms with van der Waals surface area (Å²) in [6, 6.07) is 12.1. The van der Waals surface area contributed by atoms with Crippen molar-refractivity contribution in [2.75, 3.05) is 0 Å². The molecule has 2 aliphatic rings. The Bertz CT molecular complexity index is 524. The van der Waals surface area contributed by atoms with Gasteiger partial charge in [0.1, 0.15) is 0 Å². The Morgan fingerprint density at radius 1 is 1.09 bits per heavy atom. The van der Waals surface area contributed by atoms with Gasteiger partial charge in [0.2, 0.25) is 0 Å². The third-order valence-corrected chi connectivity index (χ3v) is 5.95. The first-order chi connectivity index (χ1) is 10.2. The van der Waals surface area contributed by atoms with Gasteiger partial charge in [0.05, 0.1) is 5.60 Å². The van der Waals surface area contributed by atoms with Gasteiger partial charge in [-0.3, -0.25) is 4.84 Å². The monoisotopic (exact) mass is 301 g/mol. The van der Waals surface area contributed by atoms with Crippen LogP contribution in [0.2, 0.25) is 0 Å². The van der Waals surface area contributed by atoms with Crippen LogP contribution in [0.3, 0.4) is 0 Å². The number of hydrogen-bond donors (Lipinski definition) is 0. The fourth-order valence-corrected chi connectivity index (χ4v) is 4.93. The van der Waals surface area contributed by atoms with Crippen LogP contribution < -0.4 is 0 Å². The average Bonchev–Trinajstić information content (AvgIpc) is 2.72. The maximum absolute atomic E-state index is 6.39. The fourth-order valence-electron chi connectivity index (χ4n) is 4.93. The number of nitrogens with zero attached hydrogens (tertiary/aromatic N) is 1. The van der Waals surface area contributed by atoms with E-state index in [4.69, 9.17) is 4.84 Å². The van der Waals surface area contributed by atoms with Crippen molar-refractivity contribution in [1.82, 2.24) is 5.06 Å². The minimum atomic E-state index is -0.0698. The third-order valence-electron chi connectivity index (χ3n) is 5.95. The van der Waals surface area contributed by atoms with E-state index >= 15 is 0 Å². The minimum Gasteiger partial charge on any atom is -0.292 e. The van der Waals surface area contributed by atoms with E-state index in [0.29, 0.717) is 23.9 Å². The van der Waals surface area contributed by atoms with E-state index < -0.39 is 0 Å². The molecule has 122 valence electrons. The van der Waals surface area contributed by atoms with Crippen LogP contribution in [0.25, 0.3) is 0 Å². The van der Waals surface area contributed by atoms with E-state index in [9.17, 15) is 0 Å². The molecular weight excluding hydrogens is 270 g/mol. The molecule has 1 aliphatic heterocycles. The molecule has 4 atom stereocenters. The van der Waals surface area contributed by atoms with E-state index in [0.717, 1.165) is 0 Å². The van der Waals surface area contributed by atoms with E-state index in [1.807, 2.05) is 0 Å². The van der Waals surface area contributed by atoms with Crippen LogP contribution >= 0.6 is 0 Å². The Kier molecular flexibility index (Phi) is 3.89. The first-order valence-corrected chi connectivity index (χ1v) is 8.77. The summed E-state index contributed by atoms with van der Waals surface area (Å²) >= 11 is 0. The van der Waals surface area contributed by atoms with Gasteiger partial charge in [-0.25, -0.2) is 0 Å². The standard InChI is InChI=1S/C20H31NO/c1-14(2)21-18-15(3)12-20(6,16-10-8-7-9-11-16)13-17(18)19(4,5)22-21/h7-11,14-15,17-18H,12-13H2,1-6H3/t15-,17-,18-,20+/m0/s1. The first kappa shape index (κ1) is 16.0. The largest absolute Gasteiger partial charge is 0.292 e. The van der Waals surface area contributed by atoms with E-state index in [1.54, 1.807) is 0 Å². The van der Waals surface area contributed by atoms with Crippen molar-refractivity contribution >= 4 is 0 Å². The maximum atomic E-state index is 6.39. The molecule has 1 saturated heterocycles. The van der Waals surface area contributed by atoms with Crippen LogP contribution in [0.1, 0.15) is 59.9 Å². The summed E-state index contributed by atoms with van der Waals surface area (Å²) in [7, 11) is 0. The molecule has 3 rings (SSSR count). The quantitative estimate of drug-likeness (QED) is 0.778. The lowest BCUT2D eigenvalue weighted by molar-refractivity contribution is -0.215. The molecule has 1 aromatic rings. The van der Waals surface area contributed by atoms with Gasteiger partial charge in [-0.15, -0.1) is 0 Å². The SMILES string of the molecule is CC(C)N1OC(C)(C)[C@H]2C[C@](C)(c3ccccc3)C[C@H](C)[C@@H]21. The van der Waals surface area contributed by atoms with Crippen molar-refractivity contribution in [2.45, 2.75) is 77.5 Å². The molecule has 1 aliphatic carbocycles. The molecule has 1 heterocycles. The zero-order chi connectivity index (χ0) is 16.1. The summed E-state index contributed by atoms with van der Waals surface area (Å²) in [5, 5.41) is 2.29. The second kappa shape index (κ2) is 5.35. The van der Waals surface area contributed by atoms with E-state index in [1.165, 1.54) is 18.4 Å². The number of benzene rings is 1. The zero-order valence-corrected chi connectivity index (χ0v) is 15.0. The highest BCUT2D eigenvalue weighted by Gasteiger charge is 2.56. The number of hydroxylamine groups is 2. The smallest absolute Gasteiger partial charge is 0.0888 e. The van der Waals surface area contributed by atoms with Crippen molar-refractivity contribution in [2.24, 2.45) is 11.8 Å². The van der Waals surface area contributed by atoms with Crippen LogP contribution in [0.15, 0.2) is 30.3 Å². The predicted octanol–water partition coefficient (Wildman–Crippen LogP) is 4.79. The van der Waals surface area contributed by atoms with Gasteiger partial charge in [-0.2, -0.15) is 5.06 Å². The Labute approximate surface area is 135 Å². The highest BCUT2D eigenvalue weighted by atomic mass is 16.7. The molecular formula is C20H31NO. The van der Waals surface area contributed by atoms with Gasteiger partial charge >= 0.3 is 0 Å². The Hall–Kier alpha value is -0.860. The number of hydrogen-bond acceptors (Lipinski definition) is 2. The van der Waals surface area contributed by atoms with Gasteiger partial charge < -0.3 is 0 Å². The normalized spacial score (nSPS) is 38.2. The Balaban J connectivity index is 1.95. The minimum absolute atomic E-state index is 0.0698. The predicted molar refractivity (Wildman–Crippen MR) is 91.6 cm³/mol. The molecule has 2 heteroatoms. The highest BCUT2D eigenvalue weighted by Crippen LogP contribution is 2.53. The molecule has 22 heavy (non-hydrogen) atoms. The molecule has 0 unspecified atom stereocenters. The average molecular weight is 301 g/mol. The third kappa shape index (κ3) is 2.51. The van der Waals surface area contributed by atoms with Gasteiger partial charge in [0, 0.05) is 18.0 Å². The molecule has 0 spiro atoms. The summed E-state index contributed by atoms with van der Waals surface area (Å²) in [5.41, 5.74) is 1.67. The van der Waals surface area contributed by atoms with Crippen LogP contribution in [0, 0.1) is 11.8 Å². The van der Waals surface area contributed by atoms with Crippen LogP contribution in [-0.2, 0) is 10.3 Å². The second-order valence-electron chi connectivity index (χ2n) is 8.56. The van der Waals surface area contributed by atoms with Crippen LogP contribution in [0.4, 0.5) is 0 Å². The van der Waals surface area contributed by atoms with Gasteiger partial charge in [-0.1, -0.05) is 44.2 Å². The van der Waals surface area contributed by atoms with Gasteiger partial charge in [0.15, 0.2) is 0 Å². The van der Waals surface area contributed by atoms with Crippen molar-refractivity contribution in [3.05, 3.63) is 35.9 Å². The second-order valence-corrected chi connectivity index (χ2v) is 8.56. The fraction of sp³-hybridized carbons (Fsp3) is 0.700. The molecule has 0 radical (unpaired) electrons. The molecule has 2 nitrogen and oxygen atoms in total. The molecule has 2 fully saturated rings. The van der Waals surface area contributed by atoms with Crippen molar-refractivity contribution in [3.8, 4) is 0 Å². The molecule has 0 bridgehead atoms. The zero-order valence-electron chi connectivity index (χ0n) is 15.0. The van der Waals surface area contributed by atoms with Crippen molar-refractivity contribution in [3.63, 3.8) is 0 Å². The first-order valence-electron chi connectivity index (χ1n) is 8.77. The highest BCUT2D eigenvalue weighted by molar-refractivity contribution is 5.27. The molecule has 1 saturated carbocycles. The Morgan fingerprint density at radius 2 is 1.73 bits per heavy atom. The lowest BCUT2D eigenvalue weighted by atomic mass is 9.59. The molecule has 1 aromatic carbocycles. The maximum Gasteiger partial charge on any atom is 0.0888 e. The van der Waals surface area contributed by atoms with Gasteiger partial charge in [-0.05, 0) is 57.4 Å². The van der Waals surface area contributed by atoms with Gasteiger partial charge in [0.25, 0.3) is 0 Å². The molecule has 0 aromatic heterocycles. The summed E-state index contributed by atoms with van der Waals surface area (Å²) in [6.45, 7) is 13.9. The lowest BCUT2D eigenvalue weighted by Gasteiger charge is -2.47. The summed E-state index contributed by atoms with van der Waals surface area (Å²) in [4.78, 5) is 6.39. The summed E-state index contributed by atoms with van der Waals surface area (Å²) < 4.78 is 0. The van der Waals surface area contributed by atoms with Crippen molar-refractivity contribution in [1.29, 1.82) is 0 Å². The Morgan fingerprint density at radius 3 is 2.32 bits per heavy atom.